The minimum absolute atomic E-state index is 0.379. The van der Waals surface area contributed by atoms with Crippen LogP contribution in [0.1, 0.15) is 11.5 Å². The monoisotopic (exact) mass is 393 g/mol. The van der Waals surface area contributed by atoms with Crippen molar-refractivity contribution >= 4 is 46.7 Å². The lowest BCUT2D eigenvalue weighted by molar-refractivity contribution is 0.502. The molecule has 0 unspecified atom stereocenters. The van der Waals surface area contributed by atoms with Gasteiger partial charge in [0.2, 0.25) is 0 Å². The quantitative estimate of drug-likeness (QED) is 0.368. The van der Waals surface area contributed by atoms with Crippen molar-refractivity contribution in [3.8, 4) is 11.3 Å². The average molecular weight is 394 g/mol. The van der Waals surface area contributed by atoms with Crippen LogP contribution in [0.15, 0.2) is 62.7 Å². The molecule has 0 saturated heterocycles. The van der Waals surface area contributed by atoms with Crippen LogP contribution in [0.5, 0.6) is 0 Å². The molecular weight excluding hydrogens is 381 g/mol. The van der Waals surface area contributed by atoms with Crippen molar-refractivity contribution < 1.29 is 8.83 Å². The Balaban J connectivity index is 1.54. The first-order chi connectivity index (χ1) is 12.1. The molecule has 0 aliphatic rings. The van der Waals surface area contributed by atoms with Crippen molar-refractivity contribution in [2.45, 2.75) is 6.54 Å². The molecule has 0 amide bonds. The Morgan fingerprint density at radius 3 is 2.80 bits per heavy atom. The number of hydrazone groups is 1. The molecule has 3 aromatic rings. The van der Waals surface area contributed by atoms with Crippen molar-refractivity contribution in [3.05, 3.63) is 70.3 Å². The number of nitrogens with zero attached hydrogens (tertiary/aromatic N) is 1. The van der Waals surface area contributed by atoms with E-state index in [-0.39, 0.29) is 0 Å². The highest BCUT2D eigenvalue weighted by Crippen LogP contribution is 2.29. The van der Waals surface area contributed by atoms with Gasteiger partial charge in [-0.1, -0.05) is 23.2 Å². The van der Waals surface area contributed by atoms with E-state index in [1.165, 1.54) is 6.21 Å². The zero-order valence-electron chi connectivity index (χ0n) is 12.8. The summed E-state index contributed by atoms with van der Waals surface area (Å²) in [6, 6.07) is 12.6. The van der Waals surface area contributed by atoms with Gasteiger partial charge in [0.15, 0.2) is 5.11 Å². The lowest BCUT2D eigenvalue weighted by atomic mass is 10.2. The number of hydrogen-bond donors (Lipinski definition) is 2. The summed E-state index contributed by atoms with van der Waals surface area (Å²) in [6.07, 6.45) is 3.13. The van der Waals surface area contributed by atoms with Crippen LogP contribution < -0.4 is 10.7 Å². The summed E-state index contributed by atoms with van der Waals surface area (Å²) in [5.41, 5.74) is 3.54. The first-order valence-corrected chi connectivity index (χ1v) is 8.43. The molecule has 2 aromatic heterocycles. The van der Waals surface area contributed by atoms with Gasteiger partial charge in [-0.25, -0.2) is 0 Å². The molecule has 1 aromatic carbocycles. The van der Waals surface area contributed by atoms with E-state index >= 15 is 0 Å². The summed E-state index contributed by atoms with van der Waals surface area (Å²) < 4.78 is 10.9. The number of nitrogens with one attached hydrogen (secondary N) is 2. The van der Waals surface area contributed by atoms with Crippen LogP contribution in [0.2, 0.25) is 10.0 Å². The van der Waals surface area contributed by atoms with Crippen LogP contribution >= 0.6 is 35.4 Å². The maximum absolute atomic E-state index is 6.02. The van der Waals surface area contributed by atoms with E-state index in [0.717, 1.165) is 11.3 Å². The van der Waals surface area contributed by atoms with E-state index < -0.39 is 0 Å². The molecule has 0 fully saturated rings. The fraction of sp³-hybridized carbons (Fsp3) is 0.0588. The molecule has 128 valence electrons. The second kappa shape index (κ2) is 8.20. The summed E-state index contributed by atoms with van der Waals surface area (Å²) in [4.78, 5) is 0. The fourth-order valence-electron chi connectivity index (χ4n) is 2.00. The molecule has 3 rings (SSSR count). The van der Waals surface area contributed by atoms with Crippen LogP contribution in [0.3, 0.4) is 0 Å². The highest BCUT2D eigenvalue weighted by atomic mass is 35.5. The van der Waals surface area contributed by atoms with E-state index in [9.17, 15) is 0 Å². The normalized spacial score (nSPS) is 11.0. The predicted molar refractivity (Wildman–Crippen MR) is 103 cm³/mol. The van der Waals surface area contributed by atoms with Gasteiger partial charge in [-0.15, -0.1) is 0 Å². The Labute approximate surface area is 159 Å². The van der Waals surface area contributed by atoms with Crippen molar-refractivity contribution in [2.75, 3.05) is 0 Å². The molecular formula is C17H13Cl2N3O2S. The molecule has 2 N–H and O–H groups in total. The van der Waals surface area contributed by atoms with Crippen LogP contribution in [0.4, 0.5) is 0 Å². The third kappa shape index (κ3) is 4.85. The zero-order valence-corrected chi connectivity index (χ0v) is 15.2. The third-order valence-electron chi connectivity index (χ3n) is 3.19. The minimum atomic E-state index is 0.379. The molecule has 0 bridgehead atoms. The van der Waals surface area contributed by atoms with Crippen LogP contribution in [0.25, 0.3) is 11.3 Å². The van der Waals surface area contributed by atoms with Gasteiger partial charge in [0.05, 0.1) is 29.1 Å². The second-order valence-corrected chi connectivity index (χ2v) is 6.19. The topological polar surface area (TPSA) is 62.7 Å². The van der Waals surface area contributed by atoms with E-state index in [1.807, 2.05) is 24.3 Å². The number of halogens is 2. The lowest BCUT2D eigenvalue weighted by Gasteiger charge is -2.04. The number of rotatable bonds is 5. The Morgan fingerprint density at radius 2 is 2.04 bits per heavy atom. The van der Waals surface area contributed by atoms with Crippen molar-refractivity contribution in [1.29, 1.82) is 0 Å². The molecule has 0 spiro atoms. The van der Waals surface area contributed by atoms with Crippen LogP contribution in [-0.4, -0.2) is 11.3 Å². The molecule has 0 atom stereocenters. The average Bonchev–Trinajstić information content (AvgIpc) is 3.27. The molecule has 0 saturated carbocycles. The van der Waals surface area contributed by atoms with Crippen molar-refractivity contribution in [1.82, 2.24) is 10.7 Å². The predicted octanol–water partition coefficient (Wildman–Crippen LogP) is 4.84. The Morgan fingerprint density at radius 1 is 1.16 bits per heavy atom. The first kappa shape index (κ1) is 17.5. The summed E-state index contributed by atoms with van der Waals surface area (Å²) in [7, 11) is 0. The Kier molecular flexibility index (Phi) is 5.75. The summed E-state index contributed by atoms with van der Waals surface area (Å²) in [5.74, 6) is 2.02. The van der Waals surface area contributed by atoms with Crippen molar-refractivity contribution in [2.24, 2.45) is 5.10 Å². The minimum Gasteiger partial charge on any atom is -0.467 e. The molecule has 0 aliphatic carbocycles. The van der Waals surface area contributed by atoms with Gasteiger partial charge in [-0.05, 0) is 54.7 Å². The number of benzene rings is 1. The van der Waals surface area contributed by atoms with E-state index in [4.69, 9.17) is 44.3 Å². The number of furan rings is 2. The summed E-state index contributed by atoms with van der Waals surface area (Å²) >= 11 is 17.0. The van der Waals surface area contributed by atoms with Crippen LogP contribution in [-0.2, 0) is 6.54 Å². The van der Waals surface area contributed by atoms with Gasteiger partial charge in [-0.2, -0.15) is 5.10 Å². The highest BCUT2D eigenvalue weighted by molar-refractivity contribution is 7.80. The van der Waals surface area contributed by atoms with Gasteiger partial charge >= 0.3 is 0 Å². The smallest absolute Gasteiger partial charge is 0.187 e. The van der Waals surface area contributed by atoms with Crippen LogP contribution in [0, 0.1) is 0 Å². The summed E-state index contributed by atoms with van der Waals surface area (Å²) in [6.45, 7) is 0.483. The van der Waals surface area contributed by atoms with Gasteiger partial charge in [-0.3, -0.25) is 5.43 Å². The molecule has 5 nitrogen and oxygen atoms in total. The number of hydrogen-bond acceptors (Lipinski definition) is 4. The van der Waals surface area contributed by atoms with Gasteiger partial charge in [0.25, 0.3) is 0 Å². The van der Waals surface area contributed by atoms with E-state index in [1.54, 1.807) is 24.5 Å². The molecule has 0 radical (unpaired) electrons. The fourth-order valence-corrected chi connectivity index (χ4v) is 2.42. The number of thiocarbonyl (C=S) groups is 1. The largest absolute Gasteiger partial charge is 0.467 e. The third-order valence-corrected chi connectivity index (χ3v) is 4.17. The van der Waals surface area contributed by atoms with E-state index in [0.29, 0.717) is 33.2 Å². The maximum Gasteiger partial charge on any atom is 0.187 e. The van der Waals surface area contributed by atoms with Crippen molar-refractivity contribution in [3.63, 3.8) is 0 Å². The SMILES string of the molecule is S=C(NCc1ccco1)N/N=C/c1ccc(-c2ccc(Cl)c(Cl)c2)o1. The van der Waals surface area contributed by atoms with E-state index in [2.05, 4.69) is 15.8 Å². The molecule has 0 aliphatic heterocycles. The second-order valence-electron chi connectivity index (χ2n) is 4.96. The standard InChI is InChI=1S/C17H13Cl2N3O2S/c18-14-5-3-11(8-15(14)19)16-6-4-13(24-16)10-21-22-17(25)20-9-12-2-1-7-23-12/h1-8,10H,9H2,(H2,20,22,25)/b21-10+. The molecule has 25 heavy (non-hydrogen) atoms. The van der Waals surface area contributed by atoms with Gasteiger partial charge in [0.1, 0.15) is 17.3 Å². The maximum atomic E-state index is 6.02. The van der Waals surface area contributed by atoms with Gasteiger partial charge < -0.3 is 14.2 Å². The summed E-state index contributed by atoms with van der Waals surface area (Å²) in [5, 5.41) is 8.35. The highest BCUT2D eigenvalue weighted by Gasteiger charge is 2.06. The Bertz CT molecular complexity index is 891. The lowest BCUT2D eigenvalue weighted by Crippen LogP contribution is -2.31. The molecule has 2 heterocycles. The molecule has 8 heteroatoms. The Hall–Kier alpha value is -2.28. The first-order valence-electron chi connectivity index (χ1n) is 7.26. The van der Waals surface area contributed by atoms with Gasteiger partial charge in [0, 0.05) is 5.56 Å². The zero-order chi connectivity index (χ0) is 17.6.